The molecule has 0 radical (unpaired) electrons. The first-order chi connectivity index (χ1) is 12.8. The molecule has 1 aliphatic carbocycles. The second-order valence-electron chi connectivity index (χ2n) is 6.77. The lowest BCUT2D eigenvalue weighted by molar-refractivity contribution is 0.165. The van der Waals surface area contributed by atoms with Gasteiger partial charge in [-0.05, 0) is 42.9 Å². The molecule has 0 amide bonds. The van der Waals surface area contributed by atoms with E-state index >= 15 is 0 Å². The first-order valence-electron chi connectivity index (χ1n) is 9.45. The van der Waals surface area contributed by atoms with Crippen molar-refractivity contribution >= 4 is 5.96 Å². The van der Waals surface area contributed by atoms with Crippen LogP contribution in [0.3, 0.4) is 0 Å². The van der Waals surface area contributed by atoms with Gasteiger partial charge in [-0.25, -0.2) is 0 Å². The number of rotatable bonds is 10. The first kappa shape index (κ1) is 18.5. The van der Waals surface area contributed by atoms with Crippen molar-refractivity contribution in [2.24, 2.45) is 10.9 Å². The second-order valence-corrected chi connectivity index (χ2v) is 6.77. The predicted molar refractivity (Wildman–Crippen MR) is 104 cm³/mol. The third-order valence-electron chi connectivity index (χ3n) is 4.62. The van der Waals surface area contributed by atoms with Crippen LogP contribution in [0, 0.1) is 5.92 Å². The van der Waals surface area contributed by atoms with Crippen molar-refractivity contribution in [1.29, 1.82) is 0 Å². The van der Waals surface area contributed by atoms with Crippen LogP contribution in [0.15, 0.2) is 58.1 Å². The summed E-state index contributed by atoms with van der Waals surface area (Å²) in [5.74, 6) is 2.52. The molecule has 5 nitrogen and oxygen atoms in total. The van der Waals surface area contributed by atoms with E-state index in [0.29, 0.717) is 25.1 Å². The summed E-state index contributed by atoms with van der Waals surface area (Å²) in [6, 6.07) is 14.7. The Bertz CT molecular complexity index is 651. The van der Waals surface area contributed by atoms with E-state index in [2.05, 4.69) is 34.9 Å². The van der Waals surface area contributed by atoms with Crippen LogP contribution in [0.2, 0.25) is 0 Å². The summed E-state index contributed by atoms with van der Waals surface area (Å²) in [5.41, 5.74) is 1.32. The van der Waals surface area contributed by atoms with Crippen molar-refractivity contribution in [3.05, 3.63) is 60.1 Å². The molecule has 2 aromatic rings. The zero-order valence-electron chi connectivity index (χ0n) is 15.5. The van der Waals surface area contributed by atoms with Gasteiger partial charge >= 0.3 is 0 Å². The summed E-state index contributed by atoms with van der Waals surface area (Å²) in [6.07, 6.45) is 6.02. The molecule has 0 spiro atoms. The molecule has 5 heteroatoms. The third-order valence-corrected chi connectivity index (χ3v) is 4.62. The van der Waals surface area contributed by atoms with Crippen LogP contribution in [0.4, 0.5) is 0 Å². The lowest BCUT2D eigenvalue weighted by Crippen LogP contribution is -2.47. The number of aliphatic imine (C=N–C) groups is 1. The van der Waals surface area contributed by atoms with Crippen molar-refractivity contribution in [2.75, 3.05) is 26.8 Å². The van der Waals surface area contributed by atoms with Gasteiger partial charge in [-0.1, -0.05) is 30.3 Å². The van der Waals surface area contributed by atoms with E-state index < -0.39 is 0 Å². The molecule has 0 aliphatic heterocycles. The maximum Gasteiger partial charge on any atom is 0.191 e. The van der Waals surface area contributed by atoms with E-state index in [9.17, 15) is 0 Å². The number of hydrogen-bond donors (Lipinski definition) is 2. The molecule has 1 aromatic carbocycles. The van der Waals surface area contributed by atoms with Crippen molar-refractivity contribution < 1.29 is 9.15 Å². The quantitative estimate of drug-likeness (QED) is 0.508. The Labute approximate surface area is 155 Å². The van der Waals surface area contributed by atoms with Gasteiger partial charge < -0.3 is 19.8 Å². The van der Waals surface area contributed by atoms with E-state index in [1.807, 2.05) is 18.2 Å². The topological polar surface area (TPSA) is 58.8 Å². The highest BCUT2D eigenvalue weighted by molar-refractivity contribution is 5.80. The Balaban J connectivity index is 1.54. The molecule has 1 heterocycles. The number of furan rings is 1. The van der Waals surface area contributed by atoms with Crippen LogP contribution in [0.25, 0.3) is 0 Å². The van der Waals surface area contributed by atoms with Crippen molar-refractivity contribution in [3.8, 4) is 0 Å². The molecule has 1 atom stereocenters. The van der Waals surface area contributed by atoms with Gasteiger partial charge in [0.05, 0.1) is 18.9 Å². The number of ether oxygens (including phenoxy) is 1. The lowest BCUT2D eigenvalue weighted by Gasteiger charge is -2.21. The van der Waals surface area contributed by atoms with Crippen LogP contribution in [0.1, 0.15) is 24.2 Å². The van der Waals surface area contributed by atoms with Gasteiger partial charge in [0, 0.05) is 26.6 Å². The van der Waals surface area contributed by atoms with Gasteiger partial charge in [0.25, 0.3) is 0 Å². The fourth-order valence-corrected chi connectivity index (χ4v) is 3.00. The molecule has 140 valence electrons. The predicted octanol–water partition coefficient (Wildman–Crippen LogP) is 3.03. The summed E-state index contributed by atoms with van der Waals surface area (Å²) in [5, 5.41) is 7.04. The Morgan fingerprint density at radius 3 is 2.73 bits per heavy atom. The molecule has 3 rings (SSSR count). The van der Waals surface area contributed by atoms with Crippen LogP contribution in [-0.2, 0) is 17.6 Å². The smallest absolute Gasteiger partial charge is 0.191 e. The molecule has 1 aliphatic rings. The average molecular weight is 355 g/mol. The van der Waals surface area contributed by atoms with E-state index in [4.69, 9.17) is 14.1 Å². The Hall–Kier alpha value is -2.27. The Morgan fingerprint density at radius 2 is 2.04 bits per heavy atom. The minimum absolute atomic E-state index is 0.326. The van der Waals surface area contributed by atoms with Gasteiger partial charge in [-0.3, -0.25) is 4.99 Å². The molecule has 1 fully saturated rings. The number of nitrogens with one attached hydrogen (secondary N) is 2. The maximum atomic E-state index is 5.39. The highest BCUT2D eigenvalue weighted by atomic mass is 16.5. The molecule has 0 saturated heterocycles. The molecule has 0 bridgehead atoms. The fourth-order valence-electron chi connectivity index (χ4n) is 3.00. The molecule has 1 saturated carbocycles. The summed E-state index contributed by atoms with van der Waals surface area (Å²) in [7, 11) is 1.76. The Morgan fingerprint density at radius 1 is 1.19 bits per heavy atom. The minimum atomic E-state index is 0.326. The van der Waals surface area contributed by atoms with Crippen molar-refractivity contribution in [1.82, 2.24) is 10.6 Å². The molecular weight excluding hydrogens is 326 g/mol. The average Bonchev–Trinajstić information content (AvgIpc) is 3.38. The molecule has 26 heavy (non-hydrogen) atoms. The lowest BCUT2D eigenvalue weighted by atomic mass is 10.1. The molecule has 1 aromatic heterocycles. The van der Waals surface area contributed by atoms with E-state index in [1.165, 1.54) is 18.4 Å². The second kappa shape index (κ2) is 10.0. The first-order valence-corrected chi connectivity index (χ1v) is 9.45. The largest absolute Gasteiger partial charge is 0.469 e. The summed E-state index contributed by atoms with van der Waals surface area (Å²) >= 11 is 0. The highest BCUT2D eigenvalue weighted by Crippen LogP contribution is 2.32. The summed E-state index contributed by atoms with van der Waals surface area (Å²) in [4.78, 5) is 4.74. The normalized spacial score (nSPS) is 15.7. The maximum absolute atomic E-state index is 5.39. The number of nitrogens with zero attached hydrogens (tertiary/aromatic N) is 1. The van der Waals surface area contributed by atoms with Gasteiger partial charge in [0.15, 0.2) is 5.96 Å². The van der Waals surface area contributed by atoms with E-state index in [0.717, 1.165) is 31.1 Å². The monoisotopic (exact) mass is 355 g/mol. The van der Waals surface area contributed by atoms with Gasteiger partial charge in [0.1, 0.15) is 5.76 Å². The zero-order valence-corrected chi connectivity index (χ0v) is 15.5. The minimum Gasteiger partial charge on any atom is -0.469 e. The van der Waals surface area contributed by atoms with E-state index in [-0.39, 0.29) is 0 Å². The van der Waals surface area contributed by atoms with Gasteiger partial charge in [-0.2, -0.15) is 0 Å². The number of hydrogen-bond acceptors (Lipinski definition) is 3. The number of guanidine groups is 1. The van der Waals surface area contributed by atoms with Gasteiger partial charge in [-0.15, -0.1) is 0 Å². The molecular formula is C21H29N3O2. The number of benzene rings is 1. The van der Waals surface area contributed by atoms with Crippen LogP contribution in [-0.4, -0.2) is 38.8 Å². The summed E-state index contributed by atoms with van der Waals surface area (Å²) < 4.78 is 10.8. The van der Waals surface area contributed by atoms with Crippen LogP contribution in [0.5, 0.6) is 0 Å². The van der Waals surface area contributed by atoms with Crippen LogP contribution < -0.4 is 10.6 Å². The van der Waals surface area contributed by atoms with Crippen LogP contribution >= 0.6 is 0 Å². The van der Waals surface area contributed by atoms with Gasteiger partial charge in [0.2, 0.25) is 0 Å². The standard InChI is InChI=1S/C21H29N3O2/c1-25-16-20(18-9-10-18)24-21(23-14-12-19-8-5-15-26-19)22-13-11-17-6-3-2-4-7-17/h2-8,15,18,20H,9-14,16H2,1H3,(H2,22,23,24). The highest BCUT2D eigenvalue weighted by Gasteiger charge is 2.31. The zero-order chi connectivity index (χ0) is 18.0. The fraction of sp³-hybridized carbons (Fsp3) is 0.476. The molecule has 2 N–H and O–H groups in total. The summed E-state index contributed by atoms with van der Waals surface area (Å²) in [6.45, 7) is 2.25. The van der Waals surface area contributed by atoms with E-state index in [1.54, 1.807) is 13.4 Å². The Kier molecular flexibility index (Phi) is 7.14. The van der Waals surface area contributed by atoms with Crippen molar-refractivity contribution in [2.45, 2.75) is 31.7 Å². The number of methoxy groups -OCH3 is 1. The SMILES string of the molecule is COCC(NC(=NCCc1ccco1)NCCc1ccccc1)C1CC1. The molecule has 1 unspecified atom stereocenters. The third kappa shape index (κ3) is 6.23. The van der Waals surface area contributed by atoms with Crippen molar-refractivity contribution in [3.63, 3.8) is 0 Å².